The highest BCUT2D eigenvalue weighted by molar-refractivity contribution is 6.42. The molecule has 0 aliphatic rings. The Hall–Kier alpha value is -2.51. The Morgan fingerprint density at radius 2 is 1.89 bits per heavy atom. The predicted octanol–water partition coefficient (Wildman–Crippen LogP) is 5.40. The van der Waals surface area contributed by atoms with E-state index in [4.69, 9.17) is 23.2 Å². The first kappa shape index (κ1) is 19.3. The second-order valence-corrected chi connectivity index (χ2v) is 6.46. The first-order valence-corrected chi connectivity index (χ1v) is 8.39. The summed E-state index contributed by atoms with van der Waals surface area (Å²) < 4.78 is 42.8. The number of amides is 1. The number of rotatable bonds is 4. The lowest BCUT2D eigenvalue weighted by atomic mass is 10.0. The second-order valence-electron chi connectivity index (χ2n) is 5.65. The van der Waals surface area contributed by atoms with Crippen LogP contribution in [0.4, 0.5) is 18.9 Å². The molecule has 1 aromatic heterocycles. The van der Waals surface area contributed by atoms with Crippen molar-refractivity contribution in [3.8, 4) is 11.1 Å². The van der Waals surface area contributed by atoms with Gasteiger partial charge in [-0.3, -0.25) is 9.48 Å². The van der Waals surface area contributed by atoms with Gasteiger partial charge in [-0.25, -0.2) is 9.29 Å². The zero-order chi connectivity index (χ0) is 19.7. The predicted molar refractivity (Wildman–Crippen MR) is 97.9 cm³/mol. The van der Waals surface area contributed by atoms with Crippen LogP contribution in [0.1, 0.15) is 10.4 Å². The van der Waals surface area contributed by atoms with Crippen molar-refractivity contribution < 1.29 is 18.0 Å². The van der Waals surface area contributed by atoms with Crippen molar-refractivity contribution in [1.82, 2.24) is 9.78 Å². The molecule has 0 saturated heterocycles. The van der Waals surface area contributed by atoms with E-state index in [9.17, 15) is 18.0 Å². The Morgan fingerprint density at radius 3 is 2.48 bits per heavy atom. The fourth-order valence-corrected chi connectivity index (χ4v) is 2.88. The highest BCUT2D eigenvalue weighted by Crippen LogP contribution is 2.36. The van der Waals surface area contributed by atoms with E-state index < -0.39 is 18.3 Å². The number of alkyl halides is 2. The van der Waals surface area contributed by atoms with Crippen LogP contribution in [-0.2, 0) is 7.05 Å². The summed E-state index contributed by atoms with van der Waals surface area (Å²) in [6.07, 6.45) is 2.46. The van der Waals surface area contributed by atoms with Gasteiger partial charge in [0, 0.05) is 18.8 Å². The number of aryl methyl sites for hydroxylation is 1. The first-order valence-electron chi connectivity index (χ1n) is 7.63. The molecule has 9 heteroatoms. The average Bonchev–Trinajstić information content (AvgIpc) is 3.04. The van der Waals surface area contributed by atoms with Gasteiger partial charge in [-0.2, -0.15) is 13.9 Å². The third kappa shape index (κ3) is 3.94. The second kappa shape index (κ2) is 7.62. The van der Waals surface area contributed by atoms with Gasteiger partial charge < -0.3 is 0 Å². The van der Waals surface area contributed by atoms with Crippen molar-refractivity contribution in [3.05, 3.63) is 70.2 Å². The monoisotopic (exact) mass is 413 g/mol. The van der Waals surface area contributed by atoms with E-state index in [1.54, 1.807) is 13.1 Å². The molecule has 0 atom stereocenters. The van der Waals surface area contributed by atoms with Gasteiger partial charge in [0.25, 0.3) is 5.91 Å². The molecule has 0 aliphatic carbocycles. The molecule has 3 aromatic rings. The summed E-state index contributed by atoms with van der Waals surface area (Å²) in [7, 11) is 1.55. The number of hydrogen-bond acceptors (Lipinski definition) is 2. The van der Waals surface area contributed by atoms with Crippen LogP contribution in [0.2, 0.25) is 10.0 Å². The largest absolute Gasteiger partial charge is 0.321 e. The van der Waals surface area contributed by atoms with Gasteiger partial charge in [0.1, 0.15) is 5.82 Å². The molecule has 0 radical (unpaired) electrons. The summed E-state index contributed by atoms with van der Waals surface area (Å²) in [6, 6.07) is 7.78. The number of halogens is 5. The summed E-state index contributed by atoms with van der Waals surface area (Å²) in [6.45, 7) is -3.21. The topological polar surface area (TPSA) is 38.1 Å². The summed E-state index contributed by atoms with van der Waals surface area (Å²) >= 11 is 11.9. The maximum atomic E-state index is 13.9. The third-order valence-corrected chi connectivity index (χ3v) is 4.55. The van der Waals surface area contributed by atoms with Crippen molar-refractivity contribution in [2.24, 2.45) is 7.05 Å². The van der Waals surface area contributed by atoms with E-state index in [0.717, 1.165) is 18.3 Å². The molecule has 0 aliphatic heterocycles. The van der Waals surface area contributed by atoms with E-state index in [2.05, 4.69) is 5.10 Å². The summed E-state index contributed by atoms with van der Waals surface area (Å²) in [5.41, 5.74) is 0.260. The molecule has 0 spiro atoms. The summed E-state index contributed by atoms with van der Waals surface area (Å²) in [5, 5.41) is 4.29. The minimum atomic E-state index is -3.21. The van der Waals surface area contributed by atoms with Crippen LogP contribution < -0.4 is 4.90 Å². The zero-order valence-corrected chi connectivity index (χ0v) is 15.3. The number of nitrogens with zero attached hydrogens (tertiary/aromatic N) is 3. The molecular formula is C18H12Cl2F3N3O. The zero-order valence-electron chi connectivity index (χ0n) is 13.8. The molecule has 0 unspecified atom stereocenters. The molecule has 0 N–H and O–H groups in total. The van der Waals surface area contributed by atoms with Crippen LogP contribution in [0.15, 0.2) is 48.8 Å². The van der Waals surface area contributed by atoms with Gasteiger partial charge in [-0.15, -0.1) is 0 Å². The lowest BCUT2D eigenvalue weighted by molar-refractivity contribution is 0.0839. The Morgan fingerprint density at radius 1 is 1.15 bits per heavy atom. The van der Waals surface area contributed by atoms with Crippen molar-refractivity contribution in [3.63, 3.8) is 0 Å². The molecule has 3 rings (SSSR count). The molecule has 0 bridgehead atoms. The minimum absolute atomic E-state index is 0.0536. The lowest BCUT2D eigenvalue weighted by Crippen LogP contribution is -2.36. The van der Waals surface area contributed by atoms with E-state index >= 15 is 0 Å². The van der Waals surface area contributed by atoms with Gasteiger partial charge >= 0.3 is 6.55 Å². The molecule has 0 saturated carbocycles. The maximum Gasteiger partial charge on any atom is 0.321 e. The lowest BCUT2D eigenvalue weighted by Gasteiger charge is -2.24. The van der Waals surface area contributed by atoms with E-state index in [1.807, 2.05) is 0 Å². The minimum Gasteiger partial charge on any atom is -0.275 e. The summed E-state index contributed by atoms with van der Waals surface area (Å²) in [5.74, 6) is -1.77. The first-order chi connectivity index (χ1) is 12.8. The molecular weight excluding hydrogens is 402 g/mol. The van der Waals surface area contributed by atoms with Crippen LogP contribution in [0.5, 0.6) is 0 Å². The molecule has 4 nitrogen and oxygen atoms in total. The van der Waals surface area contributed by atoms with E-state index in [1.165, 1.54) is 29.1 Å². The van der Waals surface area contributed by atoms with Crippen molar-refractivity contribution in [1.29, 1.82) is 0 Å². The highest BCUT2D eigenvalue weighted by Gasteiger charge is 2.29. The van der Waals surface area contributed by atoms with Crippen LogP contribution in [0.25, 0.3) is 11.1 Å². The fourth-order valence-electron chi connectivity index (χ4n) is 2.59. The van der Waals surface area contributed by atoms with Gasteiger partial charge in [-0.05, 0) is 35.9 Å². The quantitative estimate of drug-likeness (QED) is 0.536. The number of hydrogen-bond donors (Lipinski definition) is 0. The Bertz CT molecular complexity index is 1010. The number of benzene rings is 2. The SMILES string of the molecule is Cn1cc(C(=O)N(c2cc(F)ccc2-c2ccc(Cl)c(Cl)c2)C(F)F)cn1. The maximum absolute atomic E-state index is 13.9. The van der Waals surface area contributed by atoms with Crippen LogP contribution >= 0.6 is 23.2 Å². The van der Waals surface area contributed by atoms with Crippen molar-refractivity contribution in [2.75, 3.05) is 4.90 Å². The van der Waals surface area contributed by atoms with Gasteiger partial charge in [0.2, 0.25) is 0 Å². The van der Waals surface area contributed by atoms with Gasteiger partial charge in [0.15, 0.2) is 0 Å². The van der Waals surface area contributed by atoms with Crippen molar-refractivity contribution >= 4 is 34.8 Å². The number of anilines is 1. The summed E-state index contributed by atoms with van der Waals surface area (Å²) in [4.78, 5) is 12.9. The smallest absolute Gasteiger partial charge is 0.275 e. The van der Waals surface area contributed by atoms with Crippen LogP contribution in [0, 0.1) is 5.82 Å². The normalized spacial score (nSPS) is 11.1. The third-order valence-electron chi connectivity index (χ3n) is 3.82. The Labute approximate surface area is 162 Å². The Kier molecular flexibility index (Phi) is 5.43. The standard InChI is InChI=1S/C18H12Cl2F3N3O/c1-25-9-11(8-24-25)17(27)26(18(22)23)16-7-12(21)3-4-13(16)10-2-5-14(19)15(20)6-10/h2-9,18H,1H3. The van der Waals surface area contributed by atoms with Gasteiger partial charge in [-0.1, -0.05) is 29.3 Å². The average molecular weight is 414 g/mol. The van der Waals surface area contributed by atoms with Crippen molar-refractivity contribution in [2.45, 2.75) is 6.55 Å². The van der Waals surface area contributed by atoms with Gasteiger partial charge in [0.05, 0.1) is 27.5 Å². The molecule has 0 fully saturated rings. The molecule has 2 aromatic carbocycles. The number of aromatic nitrogens is 2. The van der Waals surface area contributed by atoms with Crippen LogP contribution in [0.3, 0.4) is 0 Å². The number of carbonyl (C=O) groups excluding carboxylic acids is 1. The Balaban J connectivity index is 2.16. The van der Waals surface area contributed by atoms with E-state index in [-0.39, 0.29) is 31.8 Å². The number of carbonyl (C=O) groups is 1. The molecule has 27 heavy (non-hydrogen) atoms. The molecule has 140 valence electrons. The fraction of sp³-hybridized carbons (Fsp3) is 0.111. The molecule has 1 amide bonds. The van der Waals surface area contributed by atoms with E-state index in [0.29, 0.717) is 5.56 Å². The molecule has 1 heterocycles. The highest BCUT2D eigenvalue weighted by atomic mass is 35.5. The van der Waals surface area contributed by atoms with Crippen LogP contribution in [-0.4, -0.2) is 22.2 Å².